The van der Waals surface area contributed by atoms with Gasteiger partial charge in [-0.25, -0.2) is 4.39 Å². The molecule has 6 heteroatoms. The van der Waals surface area contributed by atoms with Gasteiger partial charge in [0.15, 0.2) is 11.5 Å². The molecule has 1 aromatic heterocycles. The predicted octanol–water partition coefficient (Wildman–Crippen LogP) is 4.24. The first-order chi connectivity index (χ1) is 12.6. The molecular weight excluding hydrogens is 349 g/mol. The molecule has 3 rings (SSSR count). The molecule has 1 N–H and O–H groups in total. The van der Waals surface area contributed by atoms with Crippen molar-refractivity contribution in [3.05, 3.63) is 70.6 Å². The molecule has 1 amide bonds. The Morgan fingerprint density at radius 3 is 2.33 bits per heavy atom. The van der Waals surface area contributed by atoms with Crippen LogP contribution in [-0.4, -0.2) is 21.7 Å². The lowest BCUT2D eigenvalue weighted by molar-refractivity contribution is -0.130. The first-order valence-electron chi connectivity index (χ1n) is 8.69. The molecule has 27 heavy (non-hydrogen) atoms. The fourth-order valence-electron chi connectivity index (χ4n) is 3.14. The van der Waals surface area contributed by atoms with E-state index in [1.807, 2.05) is 0 Å². The number of hydrogen-bond donors (Lipinski definition) is 1. The van der Waals surface area contributed by atoms with Gasteiger partial charge >= 0.3 is 0 Å². The SMILES string of the molecule is Cc1ccc(C2C(C(=O)C(C)(C)C)=C(O)C(=O)N2Cc2ccc(F)cc2)o1. The number of carbonyl (C=O) groups is 2. The van der Waals surface area contributed by atoms with Gasteiger partial charge in [-0.1, -0.05) is 32.9 Å². The maximum atomic E-state index is 13.2. The van der Waals surface area contributed by atoms with Crippen LogP contribution in [0.25, 0.3) is 0 Å². The van der Waals surface area contributed by atoms with Crippen molar-refractivity contribution in [2.75, 3.05) is 0 Å². The molecule has 0 saturated carbocycles. The van der Waals surface area contributed by atoms with E-state index in [4.69, 9.17) is 4.42 Å². The molecule has 1 atom stereocenters. The van der Waals surface area contributed by atoms with Crippen LogP contribution in [0.15, 0.2) is 52.1 Å². The Morgan fingerprint density at radius 2 is 1.81 bits per heavy atom. The van der Waals surface area contributed by atoms with Crippen LogP contribution in [0.2, 0.25) is 0 Å². The number of carbonyl (C=O) groups excluding carboxylic acids is 2. The van der Waals surface area contributed by atoms with Gasteiger partial charge in [0, 0.05) is 12.0 Å². The summed E-state index contributed by atoms with van der Waals surface area (Å²) in [6, 6.07) is 8.33. The molecular formula is C21H22FNO4. The second-order valence-electron chi connectivity index (χ2n) is 7.75. The van der Waals surface area contributed by atoms with Crippen LogP contribution in [-0.2, 0) is 16.1 Å². The number of nitrogens with zero attached hydrogens (tertiary/aromatic N) is 1. The first-order valence-corrected chi connectivity index (χ1v) is 8.69. The summed E-state index contributed by atoms with van der Waals surface area (Å²) in [6.07, 6.45) is 0. The monoisotopic (exact) mass is 371 g/mol. The van der Waals surface area contributed by atoms with Gasteiger partial charge in [-0.3, -0.25) is 9.59 Å². The van der Waals surface area contributed by atoms with Crippen LogP contribution < -0.4 is 0 Å². The molecule has 0 aliphatic carbocycles. The minimum atomic E-state index is -0.831. The third-order valence-electron chi connectivity index (χ3n) is 4.53. The van der Waals surface area contributed by atoms with Crippen molar-refractivity contribution in [3.63, 3.8) is 0 Å². The quantitative estimate of drug-likeness (QED) is 0.873. The summed E-state index contributed by atoms with van der Waals surface area (Å²) in [4.78, 5) is 27.1. The molecule has 0 bridgehead atoms. The lowest BCUT2D eigenvalue weighted by Crippen LogP contribution is -2.32. The minimum Gasteiger partial charge on any atom is -0.503 e. The summed E-state index contributed by atoms with van der Waals surface area (Å²) < 4.78 is 18.9. The first kappa shape index (κ1) is 18.9. The van der Waals surface area contributed by atoms with Crippen molar-refractivity contribution in [1.29, 1.82) is 0 Å². The molecule has 1 aliphatic rings. The topological polar surface area (TPSA) is 70.8 Å². The van der Waals surface area contributed by atoms with E-state index in [2.05, 4.69) is 0 Å². The zero-order valence-electron chi connectivity index (χ0n) is 15.7. The van der Waals surface area contributed by atoms with Gasteiger partial charge in [-0.2, -0.15) is 0 Å². The largest absolute Gasteiger partial charge is 0.503 e. The highest BCUT2D eigenvalue weighted by atomic mass is 19.1. The molecule has 0 radical (unpaired) electrons. The van der Waals surface area contributed by atoms with Gasteiger partial charge in [-0.15, -0.1) is 0 Å². The summed E-state index contributed by atoms with van der Waals surface area (Å²) in [5.74, 6) is -0.877. The number of ketones is 1. The van der Waals surface area contributed by atoms with E-state index in [1.165, 1.54) is 17.0 Å². The molecule has 1 unspecified atom stereocenters. The number of halogens is 1. The molecule has 5 nitrogen and oxygen atoms in total. The molecule has 0 saturated heterocycles. The summed E-state index contributed by atoms with van der Waals surface area (Å²) in [7, 11) is 0. The average molecular weight is 371 g/mol. The van der Waals surface area contributed by atoms with E-state index in [0.29, 0.717) is 17.1 Å². The lowest BCUT2D eigenvalue weighted by Gasteiger charge is -2.27. The predicted molar refractivity (Wildman–Crippen MR) is 97.3 cm³/mol. The van der Waals surface area contributed by atoms with Gasteiger partial charge < -0.3 is 14.4 Å². The number of furan rings is 1. The highest BCUT2D eigenvalue weighted by molar-refractivity contribution is 6.10. The van der Waals surface area contributed by atoms with Crippen LogP contribution in [0.3, 0.4) is 0 Å². The number of Topliss-reactive ketones (excluding diaryl/α,β-unsaturated/α-hetero) is 1. The Kier molecular flexibility index (Phi) is 4.68. The van der Waals surface area contributed by atoms with E-state index < -0.39 is 23.1 Å². The fourth-order valence-corrected chi connectivity index (χ4v) is 3.14. The highest BCUT2D eigenvalue weighted by Crippen LogP contribution is 2.42. The third kappa shape index (κ3) is 3.52. The highest BCUT2D eigenvalue weighted by Gasteiger charge is 2.47. The Labute approximate surface area is 157 Å². The van der Waals surface area contributed by atoms with Crippen molar-refractivity contribution >= 4 is 11.7 Å². The molecule has 1 aromatic carbocycles. The molecule has 1 aliphatic heterocycles. The van der Waals surface area contributed by atoms with Crippen molar-refractivity contribution in [2.45, 2.75) is 40.3 Å². The van der Waals surface area contributed by atoms with Crippen molar-refractivity contribution in [3.8, 4) is 0 Å². The van der Waals surface area contributed by atoms with Crippen LogP contribution in [0.5, 0.6) is 0 Å². The zero-order chi connectivity index (χ0) is 19.9. The zero-order valence-corrected chi connectivity index (χ0v) is 15.7. The smallest absolute Gasteiger partial charge is 0.290 e. The molecule has 2 heterocycles. The maximum absolute atomic E-state index is 13.2. The summed E-state index contributed by atoms with van der Waals surface area (Å²) in [5.41, 5.74) is -0.0747. The second kappa shape index (κ2) is 6.68. The standard InChI is InChI=1S/C21H22FNO4/c1-12-5-10-15(27-12)17-16(19(25)21(2,3)4)18(24)20(26)23(17)11-13-6-8-14(22)9-7-13/h5-10,17,24H,11H2,1-4H3. The number of aliphatic hydroxyl groups is 1. The number of amides is 1. The normalized spacial score (nSPS) is 17.7. The van der Waals surface area contributed by atoms with Crippen LogP contribution >= 0.6 is 0 Å². The van der Waals surface area contributed by atoms with Crippen molar-refractivity contribution in [2.24, 2.45) is 5.41 Å². The number of rotatable bonds is 4. The van der Waals surface area contributed by atoms with E-state index in [1.54, 1.807) is 52.0 Å². The third-order valence-corrected chi connectivity index (χ3v) is 4.53. The lowest BCUT2D eigenvalue weighted by atomic mass is 9.83. The van der Waals surface area contributed by atoms with Crippen LogP contribution in [0.4, 0.5) is 4.39 Å². The number of hydrogen-bond acceptors (Lipinski definition) is 4. The fraction of sp³-hybridized carbons (Fsp3) is 0.333. The maximum Gasteiger partial charge on any atom is 0.290 e. The minimum absolute atomic E-state index is 0.0314. The Bertz CT molecular complexity index is 918. The van der Waals surface area contributed by atoms with Crippen molar-refractivity contribution in [1.82, 2.24) is 4.90 Å². The average Bonchev–Trinajstić information content (AvgIpc) is 3.12. The number of aryl methyl sites for hydroxylation is 1. The van der Waals surface area contributed by atoms with Gasteiger partial charge in [0.1, 0.15) is 23.4 Å². The van der Waals surface area contributed by atoms with Crippen LogP contribution in [0.1, 0.15) is 43.9 Å². The second-order valence-corrected chi connectivity index (χ2v) is 7.75. The van der Waals surface area contributed by atoms with Gasteiger partial charge in [0.25, 0.3) is 5.91 Å². The molecule has 0 fully saturated rings. The molecule has 0 spiro atoms. The van der Waals surface area contributed by atoms with Crippen molar-refractivity contribution < 1.29 is 23.5 Å². The Morgan fingerprint density at radius 1 is 1.19 bits per heavy atom. The Hall–Kier alpha value is -2.89. The molecule has 142 valence electrons. The van der Waals surface area contributed by atoms with Gasteiger partial charge in [0.2, 0.25) is 0 Å². The van der Waals surface area contributed by atoms with E-state index in [9.17, 15) is 19.1 Å². The summed E-state index contributed by atoms with van der Waals surface area (Å²) in [5, 5.41) is 10.5. The summed E-state index contributed by atoms with van der Waals surface area (Å²) >= 11 is 0. The number of benzene rings is 1. The van der Waals surface area contributed by atoms with Crippen LogP contribution in [0, 0.1) is 18.2 Å². The van der Waals surface area contributed by atoms with Gasteiger partial charge in [0.05, 0.1) is 5.57 Å². The number of aliphatic hydroxyl groups excluding tert-OH is 1. The van der Waals surface area contributed by atoms with E-state index in [0.717, 1.165) is 0 Å². The molecule has 2 aromatic rings. The van der Waals surface area contributed by atoms with E-state index >= 15 is 0 Å². The van der Waals surface area contributed by atoms with Gasteiger partial charge in [-0.05, 0) is 36.8 Å². The summed E-state index contributed by atoms with van der Waals surface area (Å²) in [6.45, 7) is 7.06. The Balaban J connectivity index is 2.06. The van der Waals surface area contributed by atoms with E-state index in [-0.39, 0.29) is 23.7 Å².